The molecule has 0 amide bonds. The second kappa shape index (κ2) is 67.9. The number of hydrogen-bond acceptors (Lipinski definition) is 15. The fourth-order valence-electron chi connectivity index (χ4n) is 11.7. The van der Waals surface area contributed by atoms with E-state index in [1.807, 2.05) is 0 Å². The molecule has 17 nitrogen and oxygen atoms in total. The molecule has 564 valence electrons. The first-order valence-electron chi connectivity index (χ1n) is 39.5. The van der Waals surface area contributed by atoms with Crippen molar-refractivity contribution in [3.8, 4) is 0 Å². The maximum absolute atomic E-state index is 13.1. The number of phosphoric ester groups is 2. The fraction of sp³-hybridized carbons (Fsp3) is 0.947. The lowest BCUT2D eigenvalue weighted by atomic mass is 10.0. The molecule has 0 bridgehead atoms. The van der Waals surface area contributed by atoms with Gasteiger partial charge in [-0.05, 0) is 37.5 Å². The molecule has 0 aromatic rings. The number of unbranched alkanes of at least 4 members (excludes halogenated alkanes) is 45. The molecule has 19 heteroatoms. The van der Waals surface area contributed by atoms with Gasteiger partial charge in [0.2, 0.25) is 0 Å². The van der Waals surface area contributed by atoms with Gasteiger partial charge >= 0.3 is 39.5 Å². The van der Waals surface area contributed by atoms with Gasteiger partial charge in [-0.1, -0.05) is 343 Å². The molecule has 0 aromatic heterocycles. The molecule has 0 heterocycles. The molecule has 0 aliphatic heterocycles. The number of aliphatic hydroxyl groups is 1. The van der Waals surface area contributed by atoms with Gasteiger partial charge in [-0.25, -0.2) is 9.13 Å². The van der Waals surface area contributed by atoms with E-state index in [9.17, 15) is 43.2 Å². The maximum Gasteiger partial charge on any atom is 0.472 e. The van der Waals surface area contributed by atoms with Gasteiger partial charge in [-0.3, -0.25) is 37.3 Å². The summed E-state index contributed by atoms with van der Waals surface area (Å²) in [7, 11) is -9.91. The van der Waals surface area contributed by atoms with E-state index in [0.29, 0.717) is 25.7 Å². The van der Waals surface area contributed by atoms with Crippen molar-refractivity contribution >= 4 is 39.5 Å². The van der Waals surface area contributed by atoms with Gasteiger partial charge in [-0.2, -0.15) is 0 Å². The van der Waals surface area contributed by atoms with Crippen LogP contribution in [0.1, 0.15) is 395 Å². The number of aliphatic hydroxyl groups excluding tert-OH is 1. The summed E-state index contributed by atoms with van der Waals surface area (Å²) in [6.45, 7) is 9.63. The van der Waals surface area contributed by atoms with Crippen molar-refractivity contribution in [2.24, 2.45) is 11.8 Å². The van der Waals surface area contributed by atoms with Gasteiger partial charge < -0.3 is 33.8 Å². The Hall–Kier alpha value is -1.94. The molecule has 95 heavy (non-hydrogen) atoms. The molecule has 0 spiro atoms. The lowest BCUT2D eigenvalue weighted by molar-refractivity contribution is -0.161. The molecular weight excluding hydrogens is 1250 g/mol. The zero-order valence-corrected chi connectivity index (χ0v) is 63.8. The number of phosphoric acid groups is 2. The maximum atomic E-state index is 13.1. The van der Waals surface area contributed by atoms with Crippen LogP contribution in [0.3, 0.4) is 0 Å². The van der Waals surface area contributed by atoms with Crippen LogP contribution in [-0.2, 0) is 65.4 Å². The highest BCUT2D eigenvalue weighted by atomic mass is 31.2. The number of carbonyl (C=O) groups excluding carboxylic acids is 4. The molecule has 0 radical (unpaired) electrons. The van der Waals surface area contributed by atoms with Gasteiger partial charge in [0.1, 0.15) is 19.3 Å². The van der Waals surface area contributed by atoms with Crippen LogP contribution in [-0.4, -0.2) is 96.7 Å². The summed E-state index contributed by atoms with van der Waals surface area (Å²) in [5, 5.41) is 10.6. The van der Waals surface area contributed by atoms with Gasteiger partial charge in [0.05, 0.1) is 26.4 Å². The third-order valence-electron chi connectivity index (χ3n) is 17.7. The highest BCUT2D eigenvalue weighted by Gasteiger charge is 2.30. The van der Waals surface area contributed by atoms with Crippen LogP contribution >= 0.6 is 15.6 Å². The number of esters is 4. The Morgan fingerprint density at radius 1 is 0.284 bits per heavy atom. The predicted octanol–water partition coefficient (Wildman–Crippen LogP) is 22.3. The zero-order valence-electron chi connectivity index (χ0n) is 62.0. The van der Waals surface area contributed by atoms with Gasteiger partial charge in [0.15, 0.2) is 12.2 Å². The van der Waals surface area contributed by atoms with Crippen LogP contribution in [0.5, 0.6) is 0 Å². The van der Waals surface area contributed by atoms with Crippen molar-refractivity contribution in [3.05, 3.63) is 0 Å². The van der Waals surface area contributed by atoms with Crippen LogP contribution in [0.4, 0.5) is 0 Å². The number of rotatable bonds is 75. The molecular formula is C76H148O17P2. The normalized spacial score (nSPS) is 14.0. The van der Waals surface area contributed by atoms with Crippen LogP contribution in [0.15, 0.2) is 0 Å². The Morgan fingerprint density at radius 3 is 0.716 bits per heavy atom. The second-order valence-electron chi connectivity index (χ2n) is 28.3. The second-order valence-corrected chi connectivity index (χ2v) is 31.3. The Morgan fingerprint density at radius 2 is 0.484 bits per heavy atom. The minimum atomic E-state index is -4.96. The lowest BCUT2D eigenvalue weighted by Gasteiger charge is -2.21. The van der Waals surface area contributed by atoms with Crippen LogP contribution in [0.25, 0.3) is 0 Å². The van der Waals surface area contributed by atoms with Gasteiger partial charge in [0.25, 0.3) is 0 Å². The fourth-order valence-corrected chi connectivity index (χ4v) is 13.2. The van der Waals surface area contributed by atoms with E-state index < -0.39 is 97.5 Å². The average molecular weight is 1400 g/mol. The van der Waals surface area contributed by atoms with Crippen molar-refractivity contribution < 1.29 is 80.2 Å². The van der Waals surface area contributed by atoms with E-state index >= 15 is 0 Å². The van der Waals surface area contributed by atoms with Crippen molar-refractivity contribution in [1.82, 2.24) is 0 Å². The molecule has 0 fully saturated rings. The first-order valence-corrected chi connectivity index (χ1v) is 42.5. The molecule has 2 unspecified atom stereocenters. The summed E-state index contributed by atoms with van der Waals surface area (Å²) in [5.41, 5.74) is 0. The average Bonchev–Trinajstić information content (AvgIpc) is 1.25. The first-order chi connectivity index (χ1) is 45.9. The molecule has 5 atom stereocenters. The van der Waals surface area contributed by atoms with Crippen molar-refractivity contribution in [3.63, 3.8) is 0 Å². The van der Waals surface area contributed by atoms with E-state index in [4.69, 9.17) is 37.0 Å². The first kappa shape index (κ1) is 93.1. The molecule has 0 saturated heterocycles. The molecule has 0 aliphatic carbocycles. The Balaban J connectivity index is 5.25. The van der Waals surface area contributed by atoms with E-state index in [-0.39, 0.29) is 25.7 Å². The summed E-state index contributed by atoms with van der Waals surface area (Å²) < 4.78 is 68.5. The van der Waals surface area contributed by atoms with E-state index in [0.717, 1.165) is 102 Å². The third kappa shape index (κ3) is 70.3. The van der Waals surface area contributed by atoms with Gasteiger partial charge in [0, 0.05) is 25.7 Å². The standard InChI is InChI=1S/C76H148O17P2/c1-7-9-11-13-15-17-19-28-34-40-46-52-58-73(78)86-64-71(92-75(80)60-54-48-42-36-29-20-18-16-14-12-10-8-2)66-90-94(82,83)88-62-70(77)63-89-95(84,85)91-67-72(65-87-74(79)59-53-47-41-35-31-25-27-33-39-45-51-57-69(5)6)93-76(81)61-55-49-43-37-30-24-22-21-23-26-32-38-44-50-56-68(3)4/h68-72,77H,7-67H2,1-6H3,(H,82,83)(H,84,85)/t70-,71+,72+/m0/s1. The van der Waals surface area contributed by atoms with Gasteiger partial charge in [-0.15, -0.1) is 0 Å². The molecule has 0 aliphatic rings. The minimum absolute atomic E-state index is 0.108. The Bertz CT molecular complexity index is 1840. The zero-order chi connectivity index (χ0) is 70.0. The van der Waals surface area contributed by atoms with Crippen LogP contribution < -0.4 is 0 Å². The topological polar surface area (TPSA) is 237 Å². The summed E-state index contributed by atoms with van der Waals surface area (Å²) in [4.78, 5) is 72.8. The largest absolute Gasteiger partial charge is 0.472 e. The summed E-state index contributed by atoms with van der Waals surface area (Å²) in [6.07, 6.45) is 55.3. The Labute approximate surface area is 581 Å². The minimum Gasteiger partial charge on any atom is -0.462 e. The molecule has 3 N–H and O–H groups in total. The van der Waals surface area contributed by atoms with Crippen molar-refractivity contribution in [2.75, 3.05) is 39.6 Å². The van der Waals surface area contributed by atoms with E-state index in [2.05, 4.69) is 41.5 Å². The smallest absolute Gasteiger partial charge is 0.462 e. The number of carbonyl (C=O) groups is 4. The summed E-state index contributed by atoms with van der Waals surface area (Å²) in [6, 6.07) is 0. The monoisotopic (exact) mass is 1400 g/mol. The molecule has 0 aromatic carbocycles. The lowest BCUT2D eigenvalue weighted by Crippen LogP contribution is -2.30. The van der Waals surface area contributed by atoms with Crippen molar-refractivity contribution in [1.29, 1.82) is 0 Å². The summed E-state index contributed by atoms with van der Waals surface area (Å²) >= 11 is 0. The summed E-state index contributed by atoms with van der Waals surface area (Å²) in [5.74, 6) is -0.546. The third-order valence-corrected chi connectivity index (χ3v) is 19.6. The van der Waals surface area contributed by atoms with Crippen LogP contribution in [0, 0.1) is 11.8 Å². The highest BCUT2D eigenvalue weighted by Crippen LogP contribution is 2.45. The van der Waals surface area contributed by atoms with Crippen LogP contribution in [0.2, 0.25) is 0 Å². The molecule has 0 rings (SSSR count). The van der Waals surface area contributed by atoms with Crippen molar-refractivity contribution in [2.45, 2.75) is 413 Å². The molecule has 0 saturated carbocycles. The van der Waals surface area contributed by atoms with E-state index in [1.165, 1.54) is 212 Å². The number of ether oxygens (including phenoxy) is 4. The quantitative estimate of drug-likeness (QED) is 0.0222. The Kier molecular flexibility index (Phi) is 66.5. The highest BCUT2D eigenvalue weighted by molar-refractivity contribution is 7.47. The number of hydrogen-bond donors (Lipinski definition) is 3. The SMILES string of the molecule is CCCCCCCCCCCCCCC(=O)OC[C@H](COP(=O)(O)OC[C@H](O)COP(=O)(O)OC[C@@H](COC(=O)CCCCCCCCCCCCCC(C)C)OC(=O)CCCCCCCCCCCCCCCCC(C)C)OC(=O)CCCCCCCCCCCCCC. The van der Waals surface area contributed by atoms with E-state index in [1.54, 1.807) is 0 Å². The predicted molar refractivity (Wildman–Crippen MR) is 386 cm³/mol.